The molecule has 0 aliphatic carbocycles. The van der Waals surface area contributed by atoms with E-state index in [0.29, 0.717) is 11.7 Å². The van der Waals surface area contributed by atoms with E-state index in [4.69, 9.17) is 9.47 Å². The lowest BCUT2D eigenvalue weighted by Gasteiger charge is -2.25. The van der Waals surface area contributed by atoms with E-state index in [1.807, 2.05) is 24.3 Å². The zero-order valence-corrected chi connectivity index (χ0v) is 10.7. The summed E-state index contributed by atoms with van der Waals surface area (Å²) < 4.78 is 10.8. The van der Waals surface area contributed by atoms with Crippen LogP contribution in [0.2, 0.25) is 0 Å². The highest BCUT2D eigenvalue weighted by molar-refractivity contribution is 5.34. The summed E-state index contributed by atoms with van der Waals surface area (Å²) in [6.07, 6.45) is 3.43. The first-order chi connectivity index (χ1) is 9.35. The van der Waals surface area contributed by atoms with Crippen molar-refractivity contribution < 1.29 is 9.47 Å². The summed E-state index contributed by atoms with van der Waals surface area (Å²) >= 11 is 0. The van der Waals surface area contributed by atoms with E-state index in [9.17, 15) is 0 Å². The molecule has 19 heavy (non-hydrogen) atoms. The molecule has 1 saturated heterocycles. The normalized spacial score (nSPS) is 14.8. The number of hydrogen-bond acceptors (Lipinski definition) is 5. The van der Waals surface area contributed by atoms with E-state index in [1.165, 1.54) is 0 Å². The minimum atomic E-state index is 0.440. The molecule has 1 aliphatic heterocycles. The molecular weight excluding hydrogens is 242 g/mol. The number of hydrogen-bond donors (Lipinski definition) is 1. The molecule has 2 aromatic rings. The van der Waals surface area contributed by atoms with Crippen LogP contribution >= 0.6 is 0 Å². The highest BCUT2D eigenvalue weighted by Gasteiger charge is 2.21. The average molecular weight is 257 g/mol. The van der Waals surface area contributed by atoms with E-state index < -0.39 is 0 Å². The Morgan fingerprint density at radius 1 is 1.00 bits per heavy atom. The summed E-state index contributed by atoms with van der Waals surface area (Å²) in [5.41, 5.74) is 0. The SMILES string of the molecule is COc1ccc(Oc2cnc(C3CNC3)nc2)cc1. The van der Waals surface area contributed by atoms with Crippen molar-refractivity contribution in [2.24, 2.45) is 0 Å². The van der Waals surface area contributed by atoms with Crippen molar-refractivity contribution in [3.05, 3.63) is 42.5 Å². The Hall–Kier alpha value is -2.14. The van der Waals surface area contributed by atoms with E-state index in [2.05, 4.69) is 15.3 Å². The van der Waals surface area contributed by atoms with Crippen LogP contribution in [-0.4, -0.2) is 30.2 Å². The lowest BCUT2D eigenvalue weighted by atomic mass is 10.0. The van der Waals surface area contributed by atoms with Crippen molar-refractivity contribution >= 4 is 0 Å². The maximum Gasteiger partial charge on any atom is 0.164 e. The van der Waals surface area contributed by atoms with Crippen molar-refractivity contribution in [1.29, 1.82) is 0 Å². The predicted molar refractivity (Wildman–Crippen MR) is 70.7 cm³/mol. The van der Waals surface area contributed by atoms with Crippen LogP contribution < -0.4 is 14.8 Å². The molecular formula is C14H15N3O2. The third-order valence-corrected chi connectivity index (χ3v) is 3.09. The molecule has 0 spiro atoms. The summed E-state index contributed by atoms with van der Waals surface area (Å²) in [6, 6.07) is 7.40. The van der Waals surface area contributed by atoms with Crippen LogP contribution in [0.25, 0.3) is 0 Å². The molecule has 1 aliphatic rings. The molecule has 0 unspecified atom stereocenters. The monoisotopic (exact) mass is 257 g/mol. The Morgan fingerprint density at radius 3 is 2.16 bits per heavy atom. The van der Waals surface area contributed by atoms with Gasteiger partial charge < -0.3 is 14.8 Å². The molecule has 0 radical (unpaired) electrons. The van der Waals surface area contributed by atoms with Gasteiger partial charge in [0.05, 0.1) is 19.5 Å². The van der Waals surface area contributed by atoms with Crippen LogP contribution in [-0.2, 0) is 0 Å². The number of aromatic nitrogens is 2. The largest absolute Gasteiger partial charge is 0.497 e. The maximum atomic E-state index is 5.67. The molecule has 98 valence electrons. The number of ether oxygens (including phenoxy) is 2. The fourth-order valence-corrected chi connectivity index (χ4v) is 1.84. The number of nitrogens with one attached hydrogen (secondary N) is 1. The number of nitrogens with zero attached hydrogens (tertiary/aromatic N) is 2. The van der Waals surface area contributed by atoms with E-state index in [-0.39, 0.29) is 0 Å². The van der Waals surface area contributed by atoms with Gasteiger partial charge in [-0.1, -0.05) is 0 Å². The van der Waals surface area contributed by atoms with Crippen LogP contribution in [0, 0.1) is 0 Å². The Balaban J connectivity index is 1.68. The van der Waals surface area contributed by atoms with Crippen LogP contribution in [0.3, 0.4) is 0 Å². The van der Waals surface area contributed by atoms with Crippen molar-refractivity contribution in [3.8, 4) is 17.2 Å². The topological polar surface area (TPSA) is 56.3 Å². The van der Waals surface area contributed by atoms with Gasteiger partial charge in [-0.2, -0.15) is 0 Å². The average Bonchev–Trinajstić information content (AvgIpc) is 2.40. The van der Waals surface area contributed by atoms with Crippen LogP contribution in [0.1, 0.15) is 11.7 Å². The highest BCUT2D eigenvalue weighted by atomic mass is 16.5. The molecule has 1 fully saturated rings. The van der Waals surface area contributed by atoms with Gasteiger partial charge in [0.1, 0.15) is 17.3 Å². The molecule has 0 bridgehead atoms. The van der Waals surface area contributed by atoms with Crippen LogP contribution in [0.4, 0.5) is 0 Å². The van der Waals surface area contributed by atoms with Gasteiger partial charge >= 0.3 is 0 Å². The lowest BCUT2D eigenvalue weighted by Crippen LogP contribution is -2.40. The number of benzene rings is 1. The van der Waals surface area contributed by atoms with E-state index >= 15 is 0 Å². The second-order valence-electron chi connectivity index (χ2n) is 4.41. The lowest BCUT2D eigenvalue weighted by molar-refractivity contribution is 0.412. The summed E-state index contributed by atoms with van der Waals surface area (Å²) in [6.45, 7) is 1.91. The Bertz CT molecular complexity index is 536. The molecule has 5 nitrogen and oxygen atoms in total. The van der Waals surface area contributed by atoms with Gasteiger partial charge in [0.25, 0.3) is 0 Å². The Labute approximate surface area is 111 Å². The van der Waals surface area contributed by atoms with Gasteiger partial charge in [-0.25, -0.2) is 9.97 Å². The summed E-state index contributed by atoms with van der Waals surface area (Å²) in [5, 5.41) is 3.20. The molecule has 0 amide bonds. The first kappa shape index (κ1) is 11.9. The molecule has 1 N–H and O–H groups in total. The predicted octanol–water partition coefficient (Wildman–Crippen LogP) is 1.96. The fourth-order valence-electron chi connectivity index (χ4n) is 1.84. The number of rotatable bonds is 4. The highest BCUT2D eigenvalue weighted by Crippen LogP contribution is 2.23. The first-order valence-electron chi connectivity index (χ1n) is 6.20. The second-order valence-corrected chi connectivity index (χ2v) is 4.41. The van der Waals surface area contributed by atoms with Crippen LogP contribution in [0.5, 0.6) is 17.2 Å². The smallest absolute Gasteiger partial charge is 0.164 e. The molecule has 3 rings (SSSR count). The van der Waals surface area contributed by atoms with Crippen molar-refractivity contribution in [3.63, 3.8) is 0 Å². The summed E-state index contributed by atoms with van der Waals surface area (Å²) in [7, 11) is 1.64. The Morgan fingerprint density at radius 2 is 1.63 bits per heavy atom. The summed E-state index contributed by atoms with van der Waals surface area (Å²) in [4.78, 5) is 8.66. The minimum Gasteiger partial charge on any atom is -0.497 e. The quantitative estimate of drug-likeness (QED) is 0.907. The first-order valence-corrected chi connectivity index (χ1v) is 6.20. The van der Waals surface area contributed by atoms with E-state index in [1.54, 1.807) is 19.5 Å². The van der Waals surface area contributed by atoms with Crippen LogP contribution in [0.15, 0.2) is 36.7 Å². The molecule has 0 atom stereocenters. The van der Waals surface area contributed by atoms with Crippen molar-refractivity contribution in [1.82, 2.24) is 15.3 Å². The zero-order chi connectivity index (χ0) is 13.1. The van der Waals surface area contributed by atoms with Gasteiger partial charge in [0.15, 0.2) is 5.75 Å². The third-order valence-electron chi connectivity index (χ3n) is 3.09. The molecule has 1 aromatic carbocycles. The zero-order valence-electron chi connectivity index (χ0n) is 10.7. The van der Waals surface area contributed by atoms with Gasteiger partial charge in [0, 0.05) is 19.0 Å². The Kier molecular flexibility index (Phi) is 3.29. The third kappa shape index (κ3) is 2.66. The molecule has 5 heteroatoms. The maximum absolute atomic E-state index is 5.67. The molecule has 0 saturated carbocycles. The minimum absolute atomic E-state index is 0.440. The van der Waals surface area contributed by atoms with Gasteiger partial charge in [-0.05, 0) is 24.3 Å². The summed E-state index contributed by atoms with van der Waals surface area (Å²) in [5.74, 6) is 3.50. The van der Waals surface area contributed by atoms with Gasteiger partial charge in [0.2, 0.25) is 0 Å². The van der Waals surface area contributed by atoms with Crippen molar-refractivity contribution in [2.75, 3.05) is 20.2 Å². The fraction of sp³-hybridized carbons (Fsp3) is 0.286. The van der Waals surface area contributed by atoms with Gasteiger partial charge in [-0.3, -0.25) is 0 Å². The van der Waals surface area contributed by atoms with Gasteiger partial charge in [-0.15, -0.1) is 0 Å². The van der Waals surface area contributed by atoms with E-state index in [0.717, 1.165) is 30.4 Å². The second kappa shape index (κ2) is 5.24. The standard InChI is InChI=1S/C14H15N3O2/c1-18-11-2-4-12(5-3-11)19-13-8-16-14(17-9-13)10-6-15-7-10/h2-5,8-10,15H,6-7H2,1H3. The molecule has 1 aromatic heterocycles. The molecule has 2 heterocycles. The van der Waals surface area contributed by atoms with Crippen molar-refractivity contribution in [2.45, 2.75) is 5.92 Å². The number of methoxy groups -OCH3 is 1.